The van der Waals surface area contributed by atoms with Gasteiger partial charge in [0.25, 0.3) is 0 Å². The van der Waals surface area contributed by atoms with Crippen LogP contribution in [0.25, 0.3) is 0 Å². The van der Waals surface area contributed by atoms with E-state index in [1.54, 1.807) is 0 Å². The van der Waals surface area contributed by atoms with Gasteiger partial charge in [-0.1, -0.05) is 6.92 Å². The van der Waals surface area contributed by atoms with E-state index in [0.717, 1.165) is 19.2 Å². The van der Waals surface area contributed by atoms with Crippen LogP contribution < -0.4 is 5.32 Å². The highest BCUT2D eigenvalue weighted by Gasteiger charge is 2.14. The molecule has 0 amide bonds. The molecule has 3 nitrogen and oxygen atoms in total. The van der Waals surface area contributed by atoms with Crippen LogP contribution in [-0.2, 0) is 4.74 Å². The van der Waals surface area contributed by atoms with Crippen LogP contribution in [0.5, 0.6) is 0 Å². The molecule has 3 heteroatoms. The molecule has 0 radical (unpaired) electrons. The Kier molecular flexibility index (Phi) is 7.82. The first-order valence-corrected chi connectivity index (χ1v) is 7.29. The Hall–Kier alpha value is -0.120. The van der Waals surface area contributed by atoms with Gasteiger partial charge < -0.3 is 15.0 Å². The lowest BCUT2D eigenvalue weighted by atomic mass is 10.1. The lowest BCUT2D eigenvalue weighted by Gasteiger charge is -2.19. The van der Waals surface area contributed by atoms with Gasteiger partial charge in [0.1, 0.15) is 0 Å². The van der Waals surface area contributed by atoms with E-state index in [0.29, 0.717) is 6.10 Å². The molecular weight excluding hydrogens is 212 g/mol. The van der Waals surface area contributed by atoms with Crippen LogP contribution in [0, 0.1) is 0 Å². The first kappa shape index (κ1) is 14.9. The average Bonchev–Trinajstić information content (AvgIpc) is 2.53. The zero-order valence-electron chi connectivity index (χ0n) is 11.9. The summed E-state index contributed by atoms with van der Waals surface area (Å²) < 4.78 is 5.56. The van der Waals surface area contributed by atoms with Crippen molar-refractivity contribution < 1.29 is 4.74 Å². The van der Waals surface area contributed by atoms with Gasteiger partial charge in [0, 0.05) is 25.7 Å². The number of hydrogen-bond acceptors (Lipinski definition) is 3. The number of nitrogens with zero attached hydrogens (tertiary/aromatic N) is 1. The fraction of sp³-hybridized carbons (Fsp3) is 1.00. The highest BCUT2D eigenvalue weighted by atomic mass is 16.5. The predicted octanol–water partition coefficient (Wildman–Crippen LogP) is 2.27. The van der Waals surface area contributed by atoms with E-state index in [-0.39, 0.29) is 0 Å². The van der Waals surface area contributed by atoms with Gasteiger partial charge in [-0.05, 0) is 52.6 Å². The minimum atomic E-state index is 0.377. The molecule has 0 saturated carbocycles. The van der Waals surface area contributed by atoms with E-state index in [9.17, 15) is 0 Å². The summed E-state index contributed by atoms with van der Waals surface area (Å²) in [4.78, 5) is 2.60. The van der Waals surface area contributed by atoms with E-state index < -0.39 is 0 Å². The number of unbranched alkanes of at least 4 members (excludes halogenated alkanes) is 1. The summed E-state index contributed by atoms with van der Waals surface area (Å²) in [7, 11) is 0. The molecule has 102 valence electrons. The summed E-state index contributed by atoms with van der Waals surface area (Å²) in [6.07, 6.45) is 5.40. The Morgan fingerprint density at radius 2 is 2.12 bits per heavy atom. The van der Waals surface area contributed by atoms with Crippen LogP contribution in [0.4, 0.5) is 0 Å². The molecule has 1 rings (SSSR count). The molecule has 1 saturated heterocycles. The molecule has 1 unspecified atom stereocenters. The van der Waals surface area contributed by atoms with Crippen LogP contribution in [0.1, 0.15) is 46.5 Å². The quantitative estimate of drug-likeness (QED) is 0.693. The zero-order valence-corrected chi connectivity index (χ0v) is 11.9. The largest absolute Gasteiger partial charge is 0.379 e. The van der Waals surface area contributed by atoms with Crippen LogP contribution in [0.15, 0.2) is 0 Å². The van der Waals surface area contributed by atoms with Crippen molar-refractivity contribution in [3.63, 3.8) is 0 Å². The van der Waals surface area contributed by atoms with Crippen molar-refractivity contribution in [3.8, 4) is 0 Å². The molecule has 0 aromatic rings. The Morgan fingerprint density at radius 3 is 2.82 bits per heavy atom. The van der Waals surface area contributed by atoms with Crippen LogP contribution in [0.3, 0.4) is 0 Å². The molecule has 1 aliphatic rings. The molecule has 1 fully saturated rings. The van der Waals surface area contributed by atoms with Gasteiger partial charge in [0.2, 0.25) is 0 Å². The van der Waals surface area contributed by atoms with Crippen molar-refractivity contribution in [2.45, 2.75) is 58.6 Å². The van der Waals surface area contributed by atoms with Crippen LogP contribution in [-0.4, -0.2) is 49.8 Å². The van der Waals surface area contributed by atoms with Crippen molar-refractivity contribution in [3.05, 3.63) is 0 Å². The summed E-state index contributed by atoms with van der Waals surface area (Å²) in [6, 6.07) is 0.740. The van der Waals surface area contributed by atoms with E-state index in [1.165, 1.54) is 45.3 Å². The topological polar surface area (TPSA) is 24.5 Å². The molecule has 0 aromatic carbocycles. The molecule has 0 spiro atoms. The predicted molar refractivity (Wildman–Crippen MR) is 73.5 cm³/mol. The maximum absolute atomic E-state index is 5.56. The zero-order chi connectivity index (χ0) is 12.5. The van der Waals surface area contributed by atoms with Crippen LogP contribution in [0.2, 0.25) is 0 Å². The molecule has 0 aromatic heterocycles. The van der Waals surface area contributed by atoms with Gasteiger partial charge in [-0.15, -0.1) is 0 Å². The fourth-order valence-corrected chi connectivity index (χ4v) is 2.31. The smallest absolute Gasteiger partial charge is 0.0518 e. The Labute approximate surface area is 107 Å². The standard InChI is InChI=1S/C14H30N2O/c1-4-14-7-10-16(11-8-15-14)9-5-6-12-17-13(2)3/h13-15H,4-12H2,1-3H3. The van der Waals surface area contributed by atoms with Crippen molar-refractivity contribution in [1.82, 2.24) is 10.2 Å². The highest BCUT2D eigenvalue weighted by Crippen LogP contribution is 2.06. The number of ether oxygens (including phenoxy) is 1. The van der Waals surface area contributed by atoms with Crippen LogP contribution >= 0.6 is 0 Å². The summed E-state index contributed by atoms with van der Waals surface area (Å²) >= 11 is 0. The third kappa shape index (κ3) is 7.02. The minimum absolute atomic E-state index is 0.377. The Balaban J connectivity index is 2.03. The summed E-state index contributed by atoms with van der Waals surface area (Å²) in [6.45, 7) is 12.3. The highest BCUT2D eigenvalue weighted by molar-refractivity contribution is 4.73. The van der Waals surface area contributed by atoms with E-state index in [2.05, 4.69) is 31.0 Å². The molecule has 0 aliphatic carbocycles. The second-order valence-corrected chi connectivity index (χ2v) is 5.32. The Bertz CT molecular complexity index is 185. The average molecular weight is 242 g/mol. The number of nitrogens with one attached hydrogen (secondary N) is 1. The Morgan fingerprint density at radius 1 is 1.29 bits per heavy atom. The van der Waals surface area contributed by atoms with E-state index in [1.807, 2.05) is 0 Å². The van der Waals surface area contributed by atoms with Crippen molar-refractivity contribution >= 4 is 0 Å². The second kappa shape index (κ2) is 8.90. The molecular formula is C14H30N2O. The van der Waals surface area contributed by atoms with E-state index in [4.69, 9.17) is 4.74 Å². The number of hydrogen-bond donors (Lipinski definition) is 1. The van der Waals surface area contributed by atoms with E-state index >= 15 is 0 Å². The first-order chi connectivity index (χ1) is 8.22. The lowest BCUT2D eigenvalue weighted by Crippen LogP contribution is -2.30. The molecule has 0 bridgehead atoms. The lowest BCUT2D eigenvalue weighted by molar-refractivity contribution is 0.0743. The van der Waals surface area contributed by atoms with Gasteiger partial charge in [-0.25, -0.2) is 0 Å². The third-order valence-electron chi connectivity index (χ3n) is 3.47. The maximum atomic E-state index is 5.56. The summed E-state index contributed by atoms with van der Waals surface area (Å²) in [5.41, 5.74) is 0. The molecule has 1 heterocycles. The van der Waals surface area contributed by atoms with Crippen molar-refractivity contribution in [2.24, 2.45) is 0 Å². The van der Waals surface area contributed by atoms with Crippen molar-refractivity contribution in [1.29, 1.82) is 0 Å². The second-order valence-electron chi connectivity index (χ2n) is 5.32. The summed E-state index contributed by atoms with van der Waals surface area (Å²) in [5.74, 6) is 0. The van der Waals surface area contributed by atoms with Gasteiger partial charge >= 0.3 is 0 Å². The summed E-state index contributed by atoms with van der Waals surface area (Å²) in [5, 5.41) is 3.61. The molecule has 1 N–H and O–H groups in total. The van der Waals surface area contributed by atoms with Gasteiger partial charge in [0.05, 0.1) is 6.10 Å². The van der Waals surface area contributed by atoms with Crippen molar-refractivity contribution in [2.75, 3.05) is 32.8 Å². The van der Waals surface area contributed by atoms with Gasteiger partial charge in [-0.3, -0.25) is 0 Å². The minimum Gasteiger partial charge on any atom is -0.379 e. The monoisotopic (exact) mass is 242 g/mol. The fourth-order valence-electron chi connectivity index (χ4n) is 2.31. The molecule has 1 aliphatic heterocycles. The van der Waals surface area contributed by atoms with Gasteiger partial charge in [-0.2, -0.15) is 0 Å². The third-order valence-corrected chi connectivity index (χ3v) is 3.47. The normalized spacial score (nSPS) is 22.9. The first-order valence-electron chi connectivity index (χ1n) is 7.29. The van der Waals surface area contributed by atoms with Gasteiger partial charge in [0.15, 0.2) is 0 Å². The molecule has 1 atom stereocenters. The maximum Gasteiger partial charge on any atom is 0.0518 e. The number of rotatable bonds is 7. The molecule has 17 heavy (non-hydrogen) atoms. The SMILES string of the molecule is CCC1CCN(CCCCOC(C)C)CCN1.